The van der Waals surface area contributed by atoms with E-state index in [2.05, 4.69) is 148 Å². The molecule has 0 fully saturated rings. The van der Waals surface area contributed by atoms with Gasteiger partial charge in [-0.1, -0.05) is 205 Å². The largest absolute Gasteiger partial charge is 0.472 e. The van der Waals surface area contributed by atoms with Gasteiger partial charge in [0.1, 0.15) is 19.8 Å². The molecule has 0 aliphatic heterocycles. The third-order valence-corrected chi connectivity index (χ3v) is 12.4. The molecule has 0 rings (SSSR count). The maximum atomic E-state index is 12.8. The summed E-state index contributed by atoms with van der Waals surface area (Å²) in [6, 6.07) is 0. The van der Waals surface area contributed by atoms with Crippen molar-refractivity contribution in [1.82, 2.24) is 0 Å². The lowest BCUT2D eigenvalue weighted by molar-refractivity contribution is -0.870. The molecular weight excluding hydrogens is 930 g/mol. The van der Waals surface area contributed by atoms with Gasteiger partial charge in [0.25, 0.3) is 0 Å². The highest BCUT2D eigenvalue weighted by Gasteiger charge is 2.27. The highest BCUT2D eigenvalue weighted by Crippen LogP contribution is 2.43. The molecule has 0 saturated heterocycles. The summed E-state index contributed by atoms with van der Waals surface area (Å²) in [4.78, 5) is 35.6. The maximum Gasteiger partial charge on any atom is 0.472 e. The van der Waals surface area contributed by atoms with E-state index in [4.69, 9.17) is 18.5 Å². The fourth-order valence-corrected chi connectivity index (χ4v) is 7.78. The van der Waals surface area contributed by atoms with Crippen LogP contribution in [0.4, 0.5) is 0 Å². The van der Waals surface area contributed by atoms with Crippen LogP contribution in [-0.2, 0) is 32.7 Å². The number of rotatable bonds is 50. The van der Waals surface area contributed by atoms with Crippen LogP contribution in [0.3, 0.4) is 0 Å². The SMILES string of the molecule is CC/C=C\C/C=C\C/C=C\C/C=C\C/C=C\C/C=C\C/C=C\C/C=C\C/C=C\CCCCCCCC(=O)OC(COC(=O)CCCCCCC/C=C\C/C=C\CCCCCC)COP(=O)(O)OCC[N+](C)(C)C. The molecular formula is C63H105NO8P+. The molecule has 9 nitrogen and oxygen atoms in total. The number of hydrogen-bond acceptors (Lipinski definition) is 7. The van der Waals surface area contributed by atoms with Gasteiger partial charge in [0, 0.05) is 12.8 Å². The Morgan fingerprint density at radius 2 is 0.781 bits per heavy atom. The van der Waals surface area contributed by atoms with Gasteiger partial charge >= 0.3 is 19.8 Å². The van der Waals surface area contributed by atoms with Crippen molar-refractivity contribution in [3.63, 3.8) is 0 Å². The second-order valence-corrected chi connectivity index (χ2v) is 21.0. The van der Waals surface area contributed by atoms with Crippen LogP contribution in [0.2, 0.25) is 0 Å². The lowest BCUT2D eigenvalue weighted by Crippen LogP contribution is -2.37. The summed E-state index contributed by atoms with van der Waals surface area (Å²) >= 11 is 0. The Labute approximate surface area is 447 Å². The topological polar surface area (TPSA) is 108 Å². The molecule has 0 aromatic carbocycles. The number of esters is 2. The van der Waals surface area contributed by atoms with E-state index in [1.54, 1.807) is 0 Å². The average molecular weight is 1040 g/mol. The minimum atomic E-state index is -4.40. The molecule has 0 amide bonds. The summed E-state index contributed by atoms with van der Waals surface area (Å²) in [7, 11) is 1.43. The number of phosphoric ester groups is 1. The lowest BCUT2D eigenvalue weighted by Gasteiger charge is -2.24. The van der Waals surface area contributed by atoms with Crippen molar-refractivity contribution in [1.29, 1.82) is 0 Å². The van der Waals surface area contributed by atoms with Crippen LogP contribution in [0.5, 0.6) is 0 Å². The Kier molecular flexibility index (Phi) is 50.2. The number of quaternary nitrogens is 1. The van der Waals surface area contributed by atoms with Crippen LogP contribution in [0.15, 0.2) is 134 Å². The molecule has 2 unspecified atom stereocenters. The quantitative estimate of drug-likeness (QED) is 0.0211. The van der Waals surface area contributed by atoms with Crippen molar-refractivity contribution in [3.05, 3.63) is 134 Å². The zero-order valence-corrected chi connectivity index (χ0v) is 47.7. The van der Waals surface area contributed by atoms with Crippen LogP contribution in [0.25, 0.3) is 0 Å². The summed E-state index contributed by atoms with van der Waals surface area (Å²) < 4.78 is 34.5. The second-order valence-electron chi connectivity index (χ2n) is 19.6. The Bertz CT molecular complexity index is 1690. The number of likely N-dealkylation sites (N-methyl/N-ethyl adjacent to an activating group) is 1. The van der Waals surface area contributed by atoms with Crippen LogP contribution in [-0.4, -0.2) is 74.9 Å². The van der Waals surface area contributed by atoms with E-state index >= 15 is 0 Å². The van der Waals surface area contributed by atoms with Gasteiger partial charge in [0.05, 0.1) is 27.7 Å². The number of ether oxygens (including phenoxy) is 2. The molecule has 73 heavy (non-hydrogen) atoms. The number of hydrogen-bond donors (Lipinski definition) is 1. The Morgan fingerprint density at radius 1 is 0.438 bits per heavy atom. The smallest absolute Gasteiger partial charge is 0.462 e. The third kappa shape index (κ3) is 57.3. The van der Waals surface area contributed by atoms with E-state index in [0.717, 1.165) is 128 Å². The normalized spacial score (nSPS) is 14.3. The van der Waals surface area contributed by atoms with Crippen molar-refractivity contribution in [2.75, 3.05) is 47.5 Å². The molecule has 0 aromatic heterocycles. The minimum absolute atomic E-state index is 0.0176. The molecule has 10 heteroatoms. The highest BCUT2D eigenvalue weighted by atomic mass is 31.2. The van der Waals surface area contributed by atoms with Gasteiger partial charge in [-0.3, -0.25) is 18.6 Å². The molecule has 0 spiro atoms. The first-order chi connectivity index (χ1) is 35.5. The van der Waals surface area contributed by atoms with Crippen molar-refractivity contribution < 1.29 is 42.1 Å². The predicted octanol–water partition coefficient (Wildman–Crippen LogP) is 17.8. The molecule has 1 N–H and O–H groups in total. The molecule has 0 aliphatic rings. The first-order valence-electron chi connectivity index (χ1n) is 28.4. The zero-order chi connectivity index (χ0) is 53.5. The van der Waals surface area contributed by atoms with E-state index in [1.165, 1.54) is 32.1 Å². The van der Waals surface area contributed by atoms with Crippen molar-refractivity contribution in [2.45, 2.75) is 206 Å². The number of allylic oxidation sites excluding steroid dienone is 22. The number of carbonyl (C=O) groups excluding carboxylic acids is 2. The third-order valence-electron chi connectivity index (χ3n) is 11.4. The summed E-state index contributed by atoms with van der Waals surface area (Å²) in [5, 5.41) is 0. The van der Waals surface area contributed by atoms with E-state index in [1.807, 2.05) is 21.1 Å². The number of nitrogens with zero attached hydrogens (tertiary/aromatic N) is 1. The van der Waals surface area contributed by atoms with Gasteiger partial charge in [0.15, 0.2) is 6.10 Å². The van der Waals surface area contributed by atoms with Crippen LogP contribution in [0.1, 0.15) is 200 Å². The molecule has 2 atom stereocenters. The van der Waals surface area contributed by atoms with Crippen LogP contribution < -0.4 is 0 Å². The molecule has 0 aromatic rings. The maximum absolute atomic E-state index is 12.8. The van der Waals surface area contributed by atoms with E-state index in [0.29, 0.717) is 23.9 Å². The van der Waals surface area contributed by atoms with Crippen LogP contribution >= 0.6 is 7.82 Å². The van der Waals surface area contributed by atoms with Crippen LogP contribution in [0, 0.1) is 0 Å². The number of phosphoric acid groups is 1. The molecule has 414 valence electrons. The van der Waals surface area contributed by atoms with Gasteiger partial charge in [-0.05, 0) is 116 Å². The predicted molar refractivity (Wildman–Crippen MR) is 311 cm³/mol. The van der Waals surface area contributed by atoms with Crippen molar-refractivity contribution in [3.8, 4) is 0 Å². The molecule has 0 bridgehead atoms. The summed E-state index contributed by atoms with van der Waals surface area (Å²) in [6.07, 6.45) is 76.6. The summed E-state index contributed by atoms with van der Waals surface area (Å²) in [5.74, 6) is -0.847. The first kappa shape index (κ1) is 69.2. The monoisotopic (exact) mass is 1030 g/mol. The number of carbonyl (C=O) groups is 2. The fourth-order valence-electron chi connectivity index (χ4n) is 7.04. The summed E-state index contributed by atoms with van der Waals surface area (Å²) in [5.41, 5.74) is 0. The average Bonchev–Trinajstić information content (AvgIpc) is 3.35. The lowest BCUT2D eigenvalue weighted by atomic mass is 10.1. The molecule has 0 heterocycles. The second kappa shape index (κ2) is 53.0. The Morgan fingerprint density at radius 3 is 1.16 bits per heavy atom. The molecule has 0 saturated carbocycles. The Balaban J connectivity index is 4.27. The standard InChI is InChI=1S/C63H104NO8P/c1-6-8-10-12-14-16-18-20-22-24-25-26-27-28-29-30-31-32-33-34-35-36-37-38-39-40-42-44-46-48-50-52-54-56-63(66)72-61(60-71-73(67,68)70-58-57-64(3,4)5)59-69-62(65)55-53-51-49-47-45-43-41-23-21-19-17-15-13-11-9-7-2/h8,10,14,16-17,19-20,22-23,25-26,28-29,31-32,34-35,37-38,40-42,61H,6-7,9,11-13,15,18,21,24,27,30,33,36,39,43-60H2,1-5H3/p+1/b10-8-,16-14-,19-17-,22-20-,26-25-,29-28-,32-31-,35-34-,38-37-,41-23-,42-40-. The minimum Gasteiger partial charge on any atom is -0.462 e. The van der Waals surface area contributed by atoms with Gasteiger partial charge in [-0.15, -0.1) is 0 Å². The number of unbranched alkanes of at least 4 members (excludes halogenated alkanes) is 14. The van der Waals surface area contributed by atoms with Crippen molar-refractivity contribution >= 4 is 19.8 Å². The van der Waals surface area contributed by atoms with Crippen molar-refractivity contribution in [2.24, 2.45) is 0 Å². The fraction of sp³-hybridized carbons (Fsp3) is 0.619. The Hall–Kier alpha value is -3.85. The highest BCUT2D eigenvalue weighted by molar-refractivity contribution is 7.47. The van der Waals surface area contributed by atoms with E-state index < -0.39 is 32.5 Å². The zero-order valence-electron chi connectivity index (χ0n) is 46.8. The molecule has 0 radical (unpaired) electrons. The van der Waals surface area contributed by atoms with Gasteiger partial charge in [-0.25, -0.2) is 4.57 Å². The van der Waals surface area contributed by atoms with E-state index in [9.17, 15) is 19.0 Å². The summed E-state index contributed by atoms with van der Waals surface area (Å²) in [6.45, 7) is 4.24. The van der Waals surface area contributed by atoms with E-state index in [-0.39, 0.29) is 26.1 Å². The van der Waals surface area contributed by atoms with Gasteiger partial charge in [0.2, 0.25) is 0 Å². The molecule has 0 aliphatic carbocycles. The first-order valence-corrected chi connectivity index (χ1v) is 29.9. The van der Waals surface area contributed by atoms with Gasteiger partial charge in [-0.2, -0.15) is 0 Å². The van der Waals surface area contributed by atoms with Gasteiger partial charge < -0.3 is 18.9 Å².